The number of fused-ring (bicyclic) bond motifs is 1. The summed E-state index contributed by atoms with van der Waals surface area (Å²) in [5, 5.41) is 11.9. The maximum atomic E-state index is 13.5. The maximum Gasteiger partial charge on any atom is 0.308 e. The molecule has 0 radical (unpaired) electrons. The van der Waals surface area contributed by atoms with E-state index >= 15 is 0 Å². The highest BCUT2D eigenvalue weighted by molar-refractivity contribution is 6.74. The Morgan fingerprint density at radius 2 is 1.89 bits per heavy atom. The highest BCUT2D eigenvalue weighted by Crippen LogP contribution is 2.46. The Morgan fingerprint density at radius 3 is 2.53 bits per heavy atom. The lowest BCUT2D eigenvalue weighted by Gasteiger charge is -2.45. The van der Waals surface area contributed by atoms with Crippen LogP contribution in [0.15, 0.2) is 45.6 Å². The molecule has 0 aliphatic carbocycles. The van der Waals surface area contributed by atoms with Gasteiger partial charge in [0.25, 0.3) is 0 Å². The van der Waals surface area contributed by atoms with Crippen LogP contribution in [-0.4, -0.2) is 50.5 Å². The number of ether oxygens (including phenoxy) is 1. The molecule has 1 saturated heterocycles. The molecule has 204 valence electrons. The number of piperidine rings is 1. The third kappa shape index (κ3) is 5.54. The summed E-state index contributed by atoms with van der Waals surface area (Å²) >= 11 is 6.43. The number of rotatable bonds is 5. The number of benzene rings is 2. The van der Waals surface area contributed by atoms with E-state index < -0.39 is 19.7 Å². The monoisotopic (exact) mass is 557 g/mol. The molecule has 4 rings (SSSR count). The second-order valence-corrected chi connectivity index (χ2v) is 16.8. The Kier molecular flexibility index (Phi) is 7.83. The first-order valence-corrected chi connectivity index (χ1v) is 16.1. The number of hydrogen-bond acceptors (Lipinski definition) is 7. The van der Waals surface area contributed by atoms with Crippen molar-refractivity contribution in [3.63, 3.8) is 0 Å². The van der Waals surface area contributed by atoms with Crippen LogP contribution in [0.3, 0.4) is 0 Å². The molecule has 1 fully saturated rings. The van der Waals surface area contributed by atoms with E-state index in [1.54, 1.807) is 24.3 Å². The first-order valence-electron chi connectivity index (χ1n) is 12.8. The van der Waals surface area contributed by atoms with Crippen LogP contribution in [0.5, 0.6) is 11.5 Å². The van der Waals surface area contributed by atoms with Crippen LogP contribution in [0.25, 0.3) is 22.3 Å². The number of esters is 1. The first-order chi connectivity index (χ1) is 17.7. The topological polar surface area (TPSA) is 89.2 Å². The molecule has 1 N–H and O–H groups in total. The minimum absolute atomic E-state index is 0.0132. The molecule has 0 unspecified atom stereocenters. The van der Waals surface area contributed by atoms with Gasteiger partial charge in [0.15, 0.2) is 13.7 Å². The van der Waals surface area contributed by atoms with Crippen molar-refractivity contribution in [1.29, 1.82) is 0 Å². The molecule has 0 saturated carbocycles. The van der Waals surface area contributed by atoms with Gasteiger partial charge in [0.05, 0.1) is 11.1 Å². The van der Waals surface area contributed by atoms with Gasteiger partial charge in [0.1, 0.15) is 28.2 Å². The van der Waals surface area contributed by atoms with E-state index in [4.69, 9.17) is 25.2 Å². The molecule has 2 atom stereocenters. The van der Waals surface area contributed by atoms with Crippen LogP contribution in [0.2, 0.25) is 23.2 Å². The Hall–Kier alpha value is -2.65. The Bertz CT molecular complexity index is 1430. The minimum Gasteiger partial charge on any atom is -0.507 e. The summed E-state index contributed by atoms with van der Waals surface area (Å²) in [5.74, 6) is -0.733. The van der Waals surface area contributed by atoms with Crippen LogP contribution >= 0.6 is 11.6 Å². The number of hydrogen-bond donors (Lipinski definition) is 1. The van der Waals surface area contributed by atoms with Gasteiger partial charge in [-0.3, -0.25) is 9.59 Å². The third-order valence-electron chi connectivity index (χ3n) is 7.76. The smallest absolute Gasteiger partial charge is 0.308 e. The van der Waals surface area contributed by atoms with Gasteiger partial charge in [-0.05, 0) is 50.3 Å². The number of carbonyl (C=O) groups is 1. The molecule has 2 heterocycles. The van der Waals surface area contributed by atoms with Crippen LogP contribution in [0.4, 0.5) is 0 Å². The first kappa shape index (κ1) is 28.4. The lowest BCUT2D eigenvalue weighted by molar-refractivity contribution is -0.131. The van der Waals surface area contributed by atoms with Gasteiger partial charge in [-0.1, -0.05) is 44.5 Å². The van der Waals surface area contributed by atoms with Crippen molar-refractivity contribution >= 4 is 36.9 Å². The fraction of sp³-hybridized carbons (Fsp3) is 0.448. The average molecular weight is 558 g/mol. The SMILES string of the molecule is CC(=O)Oc1cc(O)c([C@H]2CCN(C)C[C@H]2O[Si](C)(C)C(C)(C)C)c2oc(-c3ccccc3Cl)cc(=O)c12. The predicted molar refractivity (Wildman–Crippen MR) is 153 cm³/mol. The molecular weight excluding hydrogens is 522 g/mol. The van der Waals surface area contributed by atoms with Crippen LogP contribution in [-0.2, 0) is 9.22 Å². The van der Waals surface area contributed by atoms with Crippen molar-refractivity contribution < 1.29 is 23.5 Å². The number of phenolic OH excluding ortho intramolecular Hbond substituents is 1. The maximum absolute atomic E-state index is 13.5. The quantitative estimate of drug-likeness (QED) is 0.216. The fourth-order valence-electron chi connectivity index (χ4n) is 4.77. The lowest BCUT2D eigenvalue weighted by Crippen LogP contribution is -2.51. The summed E-state index contributed by atoms with van der Waals surface area (Å²) in [7, 11) is -0.132. The largest absolute Gasteiger partial charge is 0.507 e. The summed E-state index contributed by atoms with van der Waals surface area (Å²) in [6, 6.07) is 9.76. The highest BCUT2D eigenvalue weighted by Gasteiger charge is 2.43. The van der Waals surface area contributed by atoms with E-state index in [0.29, 0.717) is 29.1 Å². The molecule has 0 spiro atoms. The standard InChI is InChI=1S/C29H36ClNO6Si/c1-17(32)35-24-15-21(33)26(19-12-13-31(5)16-25(19)37-38(6,7)29(2,3)4)28-27(24)22(34)14-23(36-28)18-10-8-9-11-20(18)30/h8-11,14-15,19,25,33H,12-13,16H2,1-7H3/t19-,25+/m0/s1. The van der Waals surface area contributed by atoms with E-state index in [9.17, 15) is 14.7 Å². The summed E-state index contributed by atoms with van der Waals surface area (Å²) in [5.41, 5.74) is 0.822. The molecule has 1 aliphatic heterocycles. The minimum atomic E-state index is -2.18. The van der Waals surface area contributed by atoms with Crippen molar-refractivity contribution in [3.8, 4) is 22.8 Å². The van der Waals surface area contributed by atoms with E-state index in [2.05, 4.69) is 45.8 Å². The predicted octanol–water partition coefficient (Wildman–Crippen LogP) is 6.55. The third-order valence-corrected chi connectivity index (χ3v) is 12.6. The van der Waals surface area contributed by atoms with Gasteiger partial charge < -0.3 is 23.6 Å². The fourth-order valence-corrected chi connectivity index (χ4v) is 6.35. The second kappa shape index (κ2) is 10.5. The molecular formula is C29H36ClNO6Si. The zero-order valence-electron chi connectivity index (χ0n) is 23.1. The van der Waals surface area contributed by atoms with Crippen LogP contribution in [0, 0.1) is 0 Å². The van der Waals surface area contributed by atoms with Gasteiger partial charge in [0.2, 0.25) is 0 Å². The van der Waals surface area contributed by atoms with Gasteiger partial charge in [0, 0.05) is 42.6 Å². The number of aromatic hydroxyl groups is 1. The molecule has 3 aromatic rings. The Morgan fingerprint density at radius 1 is 1.21 bits per heavy atom. The number of carbonyl (C=O) groups excluding carboxylic acids is 1. The molecule has 38 heavy (non-hydrogen) atoms. The van der Waals surface area contributed by atoms with Crippen molar-refractivity contribution in [3.05, 3.63) is 57.2 Å². The van der Waals surface area contributed by atoms with E-state index in [0.717, 1.165) is 6.54 Å². The van der Waals surface area contributed by atoms with Crippen molar-refractivity contribution in [2.75, 3.05) is 20.1 Å². The Balaban J connectivity index is 1.98. The van der Waals surface area contributed by atoms with Crippen LogP contribution in [0.1, 0.15) is 45.6 Å². The molecule has 9 heteroatoms. The molecule has 1 aliphatic rings. The van der Waals surface area contributed by atoms with Gasteiger partial charge >= 0.3 is 5.97 Å². The molecule has 7 nitrogen and oxygen atoms in total. The van der Waals surface area contributed by atoms with Crippen LogP contribution < -0.4 is 10.2 Å². The number of nitrogens with zero attached hydrogens (tertiary/aromatic N) is 1. The van der Waals surface area contributed by atoms with E-state index in [1.807, 2.05) is 0 Å². The van der Waals surface area contributed by atoms with Crippen molar-refractivity contribution in [2.45, 2.75) is 64.3 Å². The highest BCUT2D eigenvalue weighted by atomic mass is 35.5. The van der Waals surface area contributed by atoms with E-state index in [-0.39, 0.29) is 45.3 Å². The lowest BCUT2D eigenvalue weighted by atomic mass is 9.85. The number of likely N-dealkylation sites (N-methyl/N-ethyl adjacent to an activating group) is 1. The number of halogens is 1. The molecule has 0 bridgehead atoms. The van der Waals surface area contributed by atoms with Crippen molar-refractivity contribution in [2.24, 2.45) is 0 Å². The summed E-state index contributed by atoms with van der Waals surface area (Å²) in [6.07, 6.45) is 0.448. The van der Waals surface area contributed by atoms with Crippen molar-refractivity contribution in [1.82, 2.24) is 4.90 Å². The molecule has 1 aromatic heterocycles. The number of likely N-dealkylation sites (tertiary alicyclic amines) is 1. The molecule has 0 amide bonds. The van der Waals surface area contributed by atoms with Gasteiger partial charge in [-0.2, -0.15) is 0 Å². The zero-order chi connectivity index (χ0) is 28.0. The second-order valence-electron chi connectivity index (χ2n) is 11.6. The summed E-state index contributed by atoms with van der Waals surface area (Å²) < 4.78 is 18.6. The zero-order valence-corrected chi connectivity index (χ0v) is 24.8. The Labute approximate surface area is 229 Å². The van der Waals surface area contributed by atoms with Gasteiger partial charge in [-0.15, -0.1) is 0 Å². The average Bonchev–Trinajstić information content (AvgIpc) is 2.78. The number of phenols is 1. The normalized spacial score (nSPS) is 19.1. The van der Waals surface area contributed by atoms with E-state index in [1.165, 1.54) is 19.1 Å². The summed E-state index contributed by atoms with van der Waals surface area (Å²) in [6.45, 7) is 13.7. The summed E-state index contributed by atoms with van der Waals surface area (Å²) in [4.78, 5) is 27.6. The van der Waals surface area contributed by atoms with Gasteiger partial charge in [-0.25, -0.2) is 0 Å². The molecule has 2 aromatic carbocycles.